The van der Waals surface area contributed by atoms with E-state index >= 15 is 0 Å². The van der Waals surface area contributed by atoms with Gasteiger partial charge in [-0.25, -0.2) is 4.98 Å². The average molecular weight is 386 g/mol. The normalized spacial score (nSPS) is 11.0. The van der Waals surface area contributed by atoms with E-state index in [1.165, 1.54) is 16.2 Å². The third-order valence-electron chi connectivity index (χ3n) is 3.74. The van der Waals surface area contributed by atoms with Gasteiger partial charge in [0.2, 0.25) is 5.89 Å². The maximum Gasteiger partial charge on any atom is 0.273 e. The van der Waals surface area contributed by atoms with E-state index in [0.717, 1.165) is 16.3 Å². The molecule has 0 aliphatic carbocycles. The summed E-state index contributed by atoms with van der Waals surface area (Å²) >= 11 is 1.43. The van der Waals surface area contributed by atoms with Crippen LogP contribution < -0.4 is 4.74 Å². The largest absolute Gasteiger partial charge is 0.491 e. The van der Waals surface area contributed by atoms with Crippen LogP contribution in [0.5, 0.6) is 5.75 Å². The number of hydrogen-bond donors (Lipinski definition) is 0. The lowest BCUT2D eigenvalue weighted by Crippen LogP contribution is -2.26. The first-order valence-electron chi connectivity index (χ1n) is 8.75. The summed E-state index contributed by atoms with van der Waals surface area (Å²) in [7, 11) is 1.69. The molecule has 0 bridgehead atoms. The van der Waals surface area contributed by atoms with Gasteiger partial charge in [-0.3, -0.25) is 4.79 Å². The van der Waals surface area contributed by atoms with Gasteiger partial charge in [0.25, 0.3) is 5.91 Å². The number of aryl methyl sites for hydroxylation is 1. The zero-order chi connectivity index (χ0) is 19.4. The van der Waals surface area contributed by atoms with Crippen LogP contribution in [0.25, 0.3) is 10.6 Å². The third kappa shape index (κ3) is 4.71. The van der Waals surface area contributed by atoms with Crippen molar-refractivity contribution < 1.29 is 14.1 Å². The Labute approximate surface area is 162 Å². The van der Waals surface area contributed by atoms with Crippen molar-refractivity contribution in [1.29, 1.82) is 0 Å². The van der Waals surface area contributed by atoms with Crippen molar-refractivity contribution in [3.63, 3.8) is 0 Å². The topological polar surface area (TPSA) is 81.4 Å². The molecule has 0 atom stereocenters. The van der Waals surface area contributed by atoms with E-state index in [9.17, 15) is 4.79 Å². The molecular weight excluding hydrogens is 364 g/mol. The summed E-state index contributed by atoms with van der Waals surface area (Å²) in [6.07, 6.45) is 0.820. The molecule has 7 nitrogen and oxygen atoms in total. The molecule has 142 valence electrons. The highest BCUT2D eigenvalue weighted by molar-refractivity contribution is 7.13. The Morgan fingerprint density at radius 2 is 2.00 bits per heavy atom. The van der Waals surface area contributed by atoms with Gasteiger partial charge < -0.3 is 14.2 Å². The van der Waals surface area contributed by atoms with E-state index in [1.807, 2.05) is 45.0 Å². The molecule has 1 aromatic carbocycles. The molecule has 0 aliphatic rings. The van der Waals surface area contributed by atoms with Crippen molar-refractivity contribution in [2.45, 2.75) is 39.8 Å². The van der Waals surface area contributed by atoms with Crippen LogP contribution in [-0.4, -0.2) is 39.1 Å². The third-order valence-corrected chi connectivity index (χ3v) is 4.63. The highest BCUT2D eigenvalue weighted by atomic mass is 32.1. The molecule has 1 amide bonds. The zero-order valence-corrected chi connectivity index (χ0v) is 16.6. The van der Waals surface area contributed by atoms with E-state index in [4.69, 9.17) is 9.26 Å². The number of benzene rings is 1. The van der Waals surface area contributed by atoms with Crippen LogP contribution in [0.2, 0.25) is 0 Å². The fourth-order valence-corrected chi connectivity index (χ4v) is 3.22. The average Bonchev–Trinajstić information content (AvgIpc) is 3.30. The van der Waals surface area contributed by atoms with E-state index in [2.05, 4.69) is 15.1 Å². The summed E-state index contributed by atoms with van der Waals surface area (Å²) in [5, 5.41) is 6.39. The minimum absolute atomic E-state index is 0.128. The second-order valence-electron chi connectivity index (χ2n) is 6.35. The minimum atomic E-state index is -0.187. The number of carbonyl (C=O) groups is 1. The van der Waals surface area contributed by atoms with Crippen LogP contribution >= 0.6 is 11.3 Å². The second kappa shape index (κ2) is 8.30. The van der Waals surface area contributed by atoms with Crippen LogP contribution in [0.15, 0.2) is 34.2 Å². The van der Waals surface area contributed by atoms with Gasteiger partial charge in [0, 0.05) is 24.4 Å². The van der Waals surface area contributed by atoms with Crippen molar-refractivity contribution in [1.82, 2.24) is 20.0 Å². The number of carbonyl (C=O) groups excluding carboxylic acids is 1. The van der Waals surface area contributed by atoms with Gasteiger partial charge in [-0.15, -0.1) is 11.3 Å². The van der Waals surface area contributed by atoms with Crippen LogP contribution in [-0.2, 0) is 13.0 Å². The fraction of sp³-hybridized carbons (Fsp3) is 0.368. The Balaban J connectivity index is 1.67. The minimum Gasteiger partial charge on any atom is -0.491 e. The summed E-state index contributed by atoms with van der Waals surface area (Å²) in [6, 6.07) is 7.70. The molecule has 27 heavy (non-hydrogen) atoms. The number of ether oxygens (including phenoxy) is 1. The summed E-state index contributed by atoms with van der Waals surface area (Å²) in [4.78, 5) is 22.8. The molecule has 2 heterocycles. The second-order valence-corrected chi connectivity index (χ2v) is 7.21. The van der Waals surface area contributed by atoms with E-state index in [1.54, 1.807) is 12.4 Å². The highest BCUT2D eigenvalue weighted by Gasteiger charge is 2.18. The molecule has 3 rings (SSSR count). The van der Waals surface area contributed by atoms with Crippen LogP contribution in [0.4, 0.5) is 0 Å². The molecule has 2 aromatic heterocycles. The van der Waals surface area contributed by atoms with Gasteiger partial charge in [-0.1, -0.05) is 12.1 Å². The molecule has 8 heteroatoms. The van der Waals surface area contributed by atoms with Gasteiger partial charge >= 0.3 is 0 Å². The van der Waals surface area contributed by atoms with Crippen molar-refractivity contribution in [3.8, 4) is 16.3 Å². The molecule has 0 aliphatic heterocycles. The number of rotatable bonds is 7. The first-order chi connectivity index (χ1) is 13.0. The van der Waals surface area contributed by atoms with Crippen LogP contribution in [0, 0.1) is 0 Å². The molecule has 0 saturated heterocycles. The van der Waals surface area contributed by atoms with Crippen molar-refractivity contribution in [3.05, 3.63) is 47.1 Å². The van der Waals surface area contributed by atoms with Gasteiger partial charge in [-0.2, -0.15) is 4.98 Å². The lowest BCUT2D eigenvalue weighted by atomic mass is 10.2. The number of aromatic nitrogens is 3. The van der Waals surface area contributed by atoms with Gasteiger partial charge in [0.15, 0.2) is 5.82 Å². The van der Waals surface area contributed by atoms with Gasteiger partial charge in [0.1, 0.15) is 23.0 Å². The molecule has 3 aromatic rings. The smallest absolute Gasteiger partial charge is 0.273 e. The van der Waals surface area contributed by atoms with Crippen molar-refractivity contribution in [2.24, 2.45) is 0 Å². The highest BCUT2D eigenvalue weighted by Crippen LogP contribution is 2.26. The maximum absolute atomic E-state index is 12.6. The predicted octanol–water partition coefficient (Wildman–Crippen LogP) is 3.81. The Kier molecular flexibility index (Phi) is 5.85. The van der Waals surface area contributed by atoms with E-state index < -0.39 is 0 Å². The lowest BCUT2D eigenvalue weighted by molar-refractivity contribution is 0.0764. The monoisotopic (exact) mass is 386 g/mol. The number of nitrogens with zero attached hydrogens (tertiary/aromatic N) is 4. The fourth-order valence-electron chi connectivity index (χ4n) is 2.42. The van der Waals surface area contributed by atoms with Crippen LogP contribution in [0.3, 0.4) is 0 Å². The summed E-state index contributed by atoms with van der Waals surface area (Å²) in [6.45, 7) is 6.17. The first kappa shape index (κ1) is 19.0. The Morgan fingerprint density at radius 3 is 2.63 bits per heavy atom. The number of amides is 1. The molecule has 0 N–H and O–H groups in total. The molecule has 0 radical (unpaired) electrons. The van der Waals surface area contributed by atoms with E-state index in [-0.39, 0.29) is 18.6 Å². The molecule has 0 unspecified atom stereocenters. The quantitative estimate of drug-likeness (QED) is 0.614. The summed E-state index contributed by atoms with van der Waals surface area (Å²) in [5.74, 6) is 1.67. The Hall–Kier alpha value is -2.74. The Morgan fingerprint density at radius 1 is 1.26 bits per heavy atom. The molecule has 0 saturated carbocycles. The van der Waals surface area contributed by atoms with Crippen LogP contribution in [0.1, 0.15) is 43.0 Å². The standard InChI is InChI=1S/C19H22N4O3S/c1-5-16-21-17(26-22-16)10-23(4)19(24)15-11-27-18(20-15)13-6-8-14(9-7-13)25-12(2)3/h6-9,11-12H,5,10H2,1-4H3. The van der Waals surface area contributed by atoms with Crippen molar-refractivity contribution in [2.75, 3.05) is 7.05 Å². The predicted molar refractivity (Wildman–Crippen MR) is 103 cm³/mol. The summed E-state index contributed by atoms with van der Waals surface area (Å²) in [5.41, 5.74) is 1.34. The van der Waals surface area contributed by atoms with Gasteiger partial charge in [0.05, 0.1) is 6.10 Å². The molecular formula is C19H22N4O3S. The first-order valence-corrected chi connectivity index (χ1v) is 9.63. The summed E-state index contributed by atoms with van der Waals surface area (Å²) < 4.78 is 10.8. The number of thiazole rings is 1. The maximum atomic E-state index is 12.6. The SMILES string of the molecule is CCc1noc(CN(C)C(=O)c2csc(-c3ccc(OC(C)C)cc3)n2)n1. The zero-order valence-electron chi connectivity index (χ0n) is 15.8. The molecule has 0 fully saturated rings. The molecule has 0 spiro atoms. The lowest BCUT2D eigenvalue weighted by Gasteiger charge is -2.12. The van der Waals surface area contributed by atoms with Crippen molar-refractivity contribution >= 4 is 17.2 Å². The number of hydrogen-bond acceptors (Lipinski definition) is 7. The van der Waals surface area contributed by atoms with E-state index in [0.29, 0.717) is 23.8 Å². The Bertz CT molecular complexity index is 902. The van der Waals surface area contributed by atoms with Gasteiger partial charge in [-0.05, 0) is 38.1 Å².